The molecule has 1 fully saturated rings. The summed E-state index contributed by atoms with van der Waals surface area (Å²) < 4.78 is 0. The van der Waals surface area contributed by atoms with Gasteiger partial charge in [-0.25, -0.2) is 9.59 Å². The highest BCUT2D eigenvalue weighted by atomic mass is 32.2. The number of hydrogen-bond donors (Lipinski definition) is 3. The van der Waals surface area contributed by atoms with Gasteiger partial charge in [-0.2, -0.15) is 11.8 Å². The van der Waals surface area contributed by atoms with E-state index in [1.165, 1.54) is 0 Å². The van der Waals surface area contributed by atoms with Crippen LogP contribution in [-0.2, 0) is 4.79 Å². The lowest BCUT2D eigenvalue weighted by Gasteiger charge is -2.33. The van der Waals surface area contributed by atoms with Gasteiger partial charge in [0.25, 0.3) is 0 Å². The van der Waals surface area contributed by atoms with Crippen molar-refractivity contribution in [1.29, 1.82) is 0 Å². The molecular weight excluding hydrogens is 276 g/mol. The second kappa shape index (κ2) is 9.10. The standard InChI is InChI=1S/C14H26N2O3S/c1-20-11-7-3-6-10-15-13(19)16-14(12(17)18)8-4-2-5-9-14/h2-11H2,1H3,(H,17,18)(H2,15,16,19). The highest BCUT2D eigenvalue weighted by Crippen LogP contribution is 2.28. The number of urea groups is 1. The normalized spacial score (nSPS) is 17.4. The average Bonchev–Trinajstić information content (AvgIpc) is 2.43. The van der Waals surface area contributed by atoms with Crippen molar-refractivity contribution in [2.24, 2.45) is 0 Å². The van der Waals surface area contributed by atoms with Crippen molar-refractivity contribution in [3.05, 3.63) is 0 Å². The van der Waals surface area contributed by atoms with Crippen molar-refractivity contribution in [1.82, 2.24) is 10.6 Å². The molecule has 6 heteroatoms. The summed E-state index contributed by atoms with van der Waals surface area (Å²) in [5.41, 5.74) is -1.05. The van der Waals surface area contributed by atoms with Gasteiger partial charge in [0.2, 0.25) is 0 Å². The smallest absolute Gasteiger partial charge is 0.329 e. The highest BCUT2D eigenvalue weighted by molar-refractivity contribution is 7.98. The zero-order chi connectivity index (χ0) is 14.8. The van der Waals surface area contributed by atoms with Gasteiger partial charge < -0.3 is 15.7 Å². The Labute approximate surface area is 125 Å². The zero-order valence-corrected chi connectivity index (χ0v) is 13.1. The Morgan fingerprint density at radius 3 is 2.45 bits per heavy atom. The molecule has 0 aromatic heterocycles. The van der Waals surface area contributed by atoms with Gasteiger partial charge in [-0.15, -0.1) is 0 Å². The molecule has 1 aliphatic carbocycles. The molecule has 2 amide bonds. The molecule has 20 heavy (non-hydrogen) atoms. The fraction of sp³-hybridized carbons (Fsp3) is 0.857. The maximum Gasteiger partial charge on any atom is 0.329 e. The first kappa shape index (κ1) is 17.1. The van der Waals surface area contributed by atoms with Gasteiger partial charge >= 0.3 is 12.0 Å². The molecule has 5 nitrogen and oxygen atoms in total. The predicted molar refractivity (Wildman–Crippen MR) is 82.2 cm³/mol. The van der Waals surface area contributed by atoms with Crippen molar-refractivity contribution in [2.75, 3.05) is 18.6 Å². The van der Waals surface area contributed by atoms with Crippen LogP contribution in [0.5, 0.6) is 0 Å². The van der Waals surface area contributed by atoms with Gasteiger partial charge in [-0.3, -0.25) is 0 Å². The predicted octanol–water partition coefficient (Wildman–Crippen LogP) is 2.61. The van der Waals surface area contributed by atoms with E-state index in [1.807, 2.05) is 11.8 Å². The maximum atomic E-state index is 11.8. The van der Waals surface area contributed by atoms with E-state index >= 15 is 0 Å². The molecular formula is C14H26N2O3S. The molecule has 0 unspecified atom stereocenters. The Morgan fingerprint density at radius 2 is 1.85 bits per heavy atom. The van der Waals surface area contributed by atoms with Crippen molar-refractivity contribution in [3.8, 4) is 0 Å². The molecule has 1 saturated carbocycles. The number of nitrogens with one attached hydrogen (secondary N) is 2. The Kier molecular flexibility index (Phi) is 7.80. The van der Waals surface area contributed by atoms with Crippen LogP contribution in [-0.4, -0.2) is 41.2 Å². The minimum absolute atomic E-state index is 0.348. The SMILES string of the molecule is CSCCCCCNC(=O)NC1(C(=O)O)CCCCC1. The van der Waals surface area contributed by atoms with Gasteiger partial charge in [0.15, 0.2) is 0 Å². The average molecular weight is 302 g/mol. The number of rotatable bonds is 8. The summed E-state index contributed by atoms with van der Waals surface area (Å²) in [6, 6.07) is -0.348. The van der Waals surface area contributed by atoms with Crippen molar-refractivity contribution < 1.29 is 14.7 Å². The van der Waals surface area contributed by atoms with E-state index in [4.69, 9.17) is 0 Å². The van der Waals surface area contributed by atoms with Gasteiger partial charge in [-0.1, -0.05) is 25.7 Å². The summed E-state index contributed by atoms with van der Waals surface area (Å²) >= 11 is 1.83. The summed E-state index contributed by atoms with van der Waals surface area (Å²) in [4.78, 5) is 23.2. The number of thioether (sulfide) groups is 1. The Hall–Kier alpha value is -0.910. The summed E-state index contributed by atoms with van der Waals surface area (Å²) in [7, 11) is 0. The Balaban J connectivity index is 2.27. The lowest BCUT2D eigenvalue weighted by Crippen LogP contribution is -2.58. The van der Waals surface area contributed by atoms with Crippen molar-refractivity contribution >= 4 is 23.8 Å². The van der Waals surface area contributed by atoms with E-state index in [9.17, 15) is 14.7 Å². The van der Waals surface area contributed by atoms with Crippen molar-refractivity contribution in [3.63, 3.8) is 0 Å². The summed E-state index contributed by atoms with van der Waals surface area (Å²) in [5, 5.41) is 14.8. The first-order chi connectivity index (χ1) is 9.60. The van der Waals surface area contributed by atoms with Gasteiger partial charge in [0, 0.05) is 6.54 Å². The van der Waals surface area contributed by atoms with Crippen LogP contribution >= 0.6 is 11.8 Å². The van der Waals surface area contributed by atoms with E-state index in [0.717, 1.165) is 44.3 Å². The van der Waals surface area contributed by atoms with E-state index in [1.54, 1.807) is 0 Å². The number of carboxylic acids is 1. The van der Waals surface area contributed by atoms with E-state index < -0.39 is 11.5 Å². The van der Waals surface area contributed by atoms with Gasteiger partial charge in [0.1, 0.15) is 5.54 Å². The van der Waals surface area contributed by atoms with Crippen LogP contribution in [0.15, 0.2) is 0 Å². The van der Waals surface area contributed by atoms with Crippen LogP contribution in [0.3, 0.4) is 0 Å². The number of amides is 2. The van der Waals surface area contributed by atoms with E-state index in [2.05, 4.69) is 16.9 Å². The topological polar surface area (TPSA) is 78.4 Å². The molecule has 0 saturated heterocycles. The second-order valence-corrected chi connectivity index (χ2v) is 6.37. The zero-order valence-electron chi connectivity index (χ0n) is 12.2. The molecule has 0 bridgehead atoms. The number of unbranched alkanes of at least 4 members (excludes halogenated alkanes) is 2. The largest absolute Gasteiger partial charge is 0.480 e. The lowest BCUT2D eigenvalue weighted by atomic mass is 9.82. The second-order valence-electron chi connectivity index (χ2n) is 5.38. The molecule has 0 aromatic carbocycles. The molecule has 0 radical (unpaired) electrons. The first-order valence-corrected chi connectivity index (χ1v) is 8.78. The summed E-state index contributed by atoms with van der Waals surface area (Å²) in [6.45, 7) is 0.607. The van der Waals surface area contributed by atoms with E-state index in [0.29, 0.717) is 19.4 Å². The lowest BCUT2D eigenvalue weighted by molar-refractivity contribution is -0.145. The molecule has 0 aromatic rings. The van der Waals surface area contributed by atoms with Crippen LogP contribution in [0.2, 0.25) is 0 Å². The fourth-order valence-electron chi connectivity index (χ4n) is 2.56. The van der Waals surface area contributed by atoms with Crippen LogP contribution in [0, 0.1) is 0 Å². The fourth-order valence-corrected chi connectivity index (χ4v) is 3.05. The third-order valence-electron chi connectivity index (χ3n) is 3.78. The van der Waals surface area contributed by atoms with Gasteiger partial charge in [-0.05, 0) is 37.7 Å². The van der Waals surface area contributed by atoms with E-state index in [-0.39, 0.29) is 6.03 Å². The van der Waals surface area contributed by atoms with Crippen molar-refractivity contribution in [2.45, 2.75) is 56.9 Å². The summed E-state index contributed by atoms with van der Waals surface area (Å²) in [6.07, 6.45) is 9.10. The number of carbonyl (C=O) groups is 2. The molecule has 0 atom stereocenters. The van der Waals surface area contributed by atoms with Crippen LogP contribution < -0.4 is 10.6 Å². The molecule has 1 rings (SSSR count). The van der Waals surface area contributed by atoms with Crippen LogP contribution in [0.1, 0.15) is 51.4 Å². The quantitative estimate of drug-likeness (QED) is 0.602. The molecule has 1 aliphatic rings. The molecule has 0 aliphatic heterocycles. The number of carboxylic acid groups (broad SMARTS) is 1. The molecule has 116 valence electrons. The molecule has 3 N–H and O–H groups in total. The first-order valence-electron chi connectivity index (χ1n) is 7.39. The highest BCUT2D eigenvalue weighted by Gasteiger charge is 2.40. The monoisotopic (exact) mass is 302 g/mol. The Bertz CT molecular complexity index is 318. The minimum Gasteiger partial charge on any atom is -0.480 e. The minimum atomic E-state index is -1.05. The molecule has 0 heterocycles. The number of hydrogen-bond acceptors (Lipinski definition) is 3. The number of aliphatic carboxylic acids is 1. The maximum absolute atomic E-state index is 11.8. The third-order valence-corrected chi connectivity index (χ3v) is 4.48. The van der Waals surface area contributed by atoms with Crippen LogP contribution in [0.4, 0.5) is 4.79 Å². The third kappa shape index (κ3) is 5.61. The Morgan fingerprint density at radius 1 is 1.15 bits per heavy atom. The molecule has 0 spiro atoms. The number of carbonyl (C=O) groups excluding carboxylic acids is 1. The van der Waals surface area contributed by atoms with Gasteiger partial charge in [0.05, 0.1) is 0 Å². The van der Waals surface area contributed by atoms with Crippen LogP contribution in [0.25, 0.3) is 0 Å². The summed E-state index contributed by atoms with van der Waals surface area (Å²) in [5.74, 6) is 0.237.